The number of rotatable bonds is 4. The first-order chi connectivity index (χ1) is 17.3. The molecule has 5 rings (SSSR count). The molecule has 0 aliphatic heterocycles. The first-order valence-corrected chi connectivity index (χ1v) is 13.5. The molecule has 1 atom stereocenters. The molecule has 182 valence electrons. The van der Waals surface area contributed by atoms with Gasteiger partial charge >= 0.3 is 0 Å². The molecule has 0 radical (unpaired) electrons. The number of aliphatic imine (C=N–C) groups is 1. The molecule has 2 heterocycles. The Hall–Kier alpha value is -3.42. The Kier molecular flexibility index (Phi) is 6.45. The SMILES string of the molecule is Cc1cc(C=Nc2sc3c(c2C#N)CC[C@@H](C(C)(C)C)C3)c(C)n1-c1ccc(-c2ccccc2)cc1. The standard InChI is InChI=1S/C32H33N3S/c1-21-17-25(22(2)35(21)27-14-11-24(12-15-27)23-9-7-6-8-10-23)20-34-31-29(19-33)28-16-13-26(32(3,4)5)18-30(28)36-31/h6-12,14-15,17,20,26H,13,16,18H2,1-5H3/t26-/m1/s1. The third kappa shape index (κ3) is 4.56. The minimum atomic E-state index is 0.286. The number of thiophene rings is 1. The lowest BCUT2D eigenvalue weighted by atomic mass is 9.72. The molecule has 0 unspecified atom stereocenters. The van der Waals surface area contributed by atoms with E-state index in [9.17, 15) is 5.26 Å². The number of hydrogen-bond donors (Lipinski definition) is 0. The Morgan fingerprint density at radius 3 is 2.39 bits per heavy atom. The Balaban J connectivity index is 1.42. The number of nitrogens with zero attached hydrogens (tertiary/aromatic N) is 3. The molecule has 0 saturated carbocycles. The highest BCUT2D eigenvalue weighted by Crippen LogP contribution is 2.45. The molecule has 2 aromatic heterocycles. The molecule has 0 bridgehead atoms. The number of nitriles is 1. The summed E-state index contributed by atoms with van der Waals surface area (Å²) in [6.45, 7) is 11.2. The van der Waals surface area contributed by atoms with Crippen LogP contribution in [-0.2, 0) is 12.8 Å². The minimum absolute atomic E-state index is 0.286. The van der Waals surface area contributed by atoms with Crippen molar-refractivity contribution in [2.45, 2.75) is 53.9 Å². The van der Waals surface area contributed by atoms with E-state index in [-0.39, 0.29) is 5.41 Å². The van der Waals surface area contributed by atoms with Crippen molar-refractivity contribution in [3.63, 3.8) is 0 Å². The van der Waals surface area contributed by atoms with Crippen LogP contribution in [0.3, 0.4) is 0 Å². The molecule has 4 aromatic rings. The van der Waals surface area contributed by atoms with Gasteiger partial charge in [-0.2, -0.15) is 5.26 Å². The molecule has 0 N–H and O–H groups in total. The average molecular weight is 492 g/mol. The summed E-state index contributed by atoms with van der Waals surface area (Å²) in [6.07, 6.45) is 5.13. The number of fused-ring (bicyclic) bond motifs is 1. The Bertz CT molecular complexity index is 1460. The summed E-state index contributed by atoms with van der Waals surface area (Å²) < 4.78 is 2.27. The van der Waals surface area contributed by atoms with E-state index >= 15 is 0 Å². The Labute approximate surface area is 218 Å². The van der Waals surface area contributed by atoms with Gasteiger partial charge in [0, 0.05) is 33.7 Å². The summed E-state index contributed by atoms with van der Waals surface area (Å²) in [7, 11) is 0. The van der Waals surface area contributed by atoms with Crippen LogP contribution >= 0.6 is 11.3 Å². The second-order valence-corrected chi connectivity index (χ2v) is 12.0. The normalized spacial score (nSPS) is 15.7. The van der Waals surface area contributed by atoms with Gasteiger partial charge in [0.1, 0.15) is 11.1 Å². The zero-order valence-electron chi connectivity index (χ0n) is 21.8. The maximum Gasteiger partial charge on any atom is 0.134 e. The summed E-state index contributed by atoms with van der Waals surface area (Å²) in [6, 6.07) is 23.8. The van der Waals surface area contributed by atoms with Gasteiger partial charge in [0.25, 0.3) is 0 Å². The maximum absolute atomic E-state index is 9.92. The van der Waals surface area contributed by atoms with Gasteiger partial charge in [-0.3, -0.25) is 0 Å². The van der Waals surface area contributed by atoms with Crippen LogP contribution in [0, 0.1) is 36.5 Å². The van der Waals surface area contributed by atoms with Crippen molar-refractivity contribution in [3.8, 4) is 22.9 Å². The lowest BCUT2D eigenvalue weighted by molar-refractivity contribution is 0.218. The van der Waals surface area contributed by atoms with Crippen molar-refractivity contribution in [2.75, 3.05) is 0 Å². The first kappa shape index (κ1) is 24.3. The van der Waals surface area contributed by atoms with Gasteiger partial charge in [0.2, 0.25) is 0 Å². The molecule has 3 nitrogen and oxygen atoms in total. The topological polar surface area (TPSA) is 41.1 Å². The number of aromatic nitrogens is 1. The third-order valence-corrected chi connectivity index (χ3v) is 8.77. The van der Waals surface area contributed by atoms with E-state index in [1.807, 2.05) is 12.3 Å². The largest absolute Gasteiger partial charge is 0.318 e. The van der Waals surface area contributed by atoms with Gasteiger partial charge in [-0.15, -0.1) is 11.3 Å². The molecule has 1 aliphatic rings. The van der Waals surface area contributed by atoms with E-state index in [2.05, 4.69) is 99.9 Å². The highest BCUT2D eigenvalue weighted by Gasteiger charge is 2.32. The zero-order valence-corrected chi connectivity index (χ0v) is 22.6. The zero-order chi connectivity index (χ0) is 25.4. The average Bonchev–Trinajstić information content (AvgIpc) is 3.37. The first-order valence-electron chi connectivity index (χ1n) is 12.7. The van der Waals surface area contributed by atoms with E-state index in [0.717, 1.165) is 46.8 Å². The monoisotopic (exact) mass is 491 g/mol. The minimum Gasteiger partial charge on any atom is -0.318 e. The summed E-state index contributed by atoms with van der Waals surface area (Å²) in [5, 5.41) is 10.8. The lowest BCUT2D eigenvalue weighted by Crippen LogP contribution is -2.26. The van der Waals surface area contributed by atoms with Crippen molar-refractivity contribution in [1.29, 1.82) is 5.26 Å². The molecule has 1 aliphatic carbocycles. The fraction of sp³-hybridized carbons (Fsp3) is 0.312. The van der Waals surface area contributed by atoms with E-state index in [4.69, 9.17) is 4.99 Å². The van der Waals surface area contributed by atoms with Crippen LogP contribution in [0.25, 0.3) is 16.8 Å². The van der Waals surface area contributed by atoms with Gasteiger partial charge in [0.15, 0.2) is 0 Å². The van der Waals surface area contributed by atoms with E-state index in [1.54, 1.807) is 11.3 Å². The number of benzene rings is 2. The molecular weight excluding hydrogens is 458 g/mol. The number of hydrogen-bond acceptors (Lipinski definition) is 3. The van der Waals surface area contributed by atoms with E-state index < -0.39 is 0 Å². The van der Waals surface area contributed by atoms with Crippen LogP contribution in [0.15, 0.2) is 65.7 Å². The molecule has 0 fully saturated rings. The molecule has 4 heteroatoms. The highest BCUT2D eigenvalue weighted by molar-refractivity contribution is 7.16. The molecule has 0 spiro atoms. The predicted octanol–water partition coefficient (Wildman–Crippen LogP) is 8.60. The molecular formula is C32H33N3S. The van der Waals surface area contributed by atoms with Gasteiger partial charge < -0.3 is 4.57 Å². The summed E-state index contributed by atoms with van der Waals surface area (Å²) in [5.41, 5.74) is 9.28. The summed E-state index contributed by atoms with van der Waals surface area (Å²) in [4.78, 5) is 6.22. The molecule has 0 saturated heterocycles. The fourth-order valence-electron chi connectivity index (χ4n) is 5.39. The summed E-state index contributed by atoms with van der Waals surface area (Å²) >= 11 is 1.71. The van der Waals surface area contributed by atoms with Gasteiger partial charge in [-0.25, -0.2) is 4.99 Å². The highest BCUT2D eigenvalue weighted by atomic mass is 32.1. The maximum atomic E-state index is 9.92. The van der Waals surface area contributed by atoms with Crippen molar-refractivity contribution in [2.24, 2.45) is 16.3 Å². The second-order valence-electron chi connectivity index (χ2n) is 10.9. The van der Waals surface area contributed by atoms with Crippen LogP contribution in [0.1, 0.15) is 60.1 Å². The van der Waals surface area contributed by atoms with Gasteiger partial charge in [0.05, 0.1) is 5.56 Å². The van der Waals surface area contributed by atoms with Crippen molar-refractivity contribution >= 4 is 22.6 Å². The van der Waals surface area contributed by atoms with Crippen LogP contribution in [0.4, 0.5) is 5.00 Å². The Morgan fingerprint density at radius 1 is 1.03 bits per heavy atom. The van der Waals surface area contributed by atoms with E-state index in [0.29, 0.717) is 5.92 Å². The van der Waals surface area contributed by atoms with Crippen molar-refractivity contribution in [3.05, 3.63) is 93.6 Å². The smallest absolute Gasteiger partial charge is 0.134 e. The van der Waals surface area contributed by atoms with E-state index in [1.165, 1.54) is 27.3 Å². The predicted molar refractivity (Wildman–Crippen MR) is 152 cm³/mol. The summed E-state index contributed by atoms with van der Waals surface area (Å²) in [5.74, 6) is 0.652. The fourth-order valence-corrected chi connectivity index (χ4v) is 6.62. The lowest BCUT2D eigenvalue weighted by Gasteiger charge is -2.33. The van der Waals surface area contributed by atoms with Gasteiger partial charge in [-0.1, -0.05) is 63.2 Å². The molecule has 0 amide bonds. The Morgan fingerprint density at radius 2 is 1.72 bits per heavy atom. The van der Waals surface area contributed by atoms with Crippen LogP contribution < -0.4 is 0 Å². The molecule has 36 heavy (non-hydrogen) atoms. The van der Waals surface area contributed by atoms with Crippen LogP contribution in [0.5, 0.6) is 0 Å². The third-order valence-electron chi connectivity index (χ3n) is 7.61. The van der Waals surface area contributed by atoms with Crippen LogP contribution in [0.2, 0.25) is 0 Å². The van der Waals surface area contributed by atoms with Gasteiger partial charge in [-0.05, 0) is 79.3 Å². The second kappa shape index (κ2) is 9.56. The quantitative estimate of drug-likeness (QED) is 0.263. The van der Waals surface area contributed by atoms with Crippen molar-refractivity contribution in [1.82, 2.24) is 4.57 Å². The molecule has 2 aromatic carbocycles. The number of aryl methyl sites for hydroxylation is 1. The van der Waals surface area contributed by atoms with Crippen molar-refractivity contribution < 1.29 is 0 Å². The van der Waals surface area contributed by atoms with Crippen LogP contribution in [-0.4, -0.2) is 10.8 Å².